The normalized spacial score (nSPS) is 15.3. The summed E-state index contributed by atoms with van der Waals surface area (Å²) in [6.45, 7) is 2.19. The summed E-state index contributed by atoms with van der Waals surface area (Å²) in [5.74, 6) is -0.402. The van der Waals surface area contributed by atoms with Crippen LogP contribution in [0.15, 0.2) is 48.5 Å². The van der Waals surface area contributed by atoms with Crippen LogP contribution >= 0.6 is 11.6 Å². The van der Waals surface area contributed by atoms with Crippen LogP contribution in [0, 0.1) is 0 Å². The van der Waals surface area contributed by atoms with Gasteiger partial charge in [0, 0.05) is 29.4 Å². The van der Waals surface area contributed by atoms with Gasteiger partial charge in [0.1, 0.15) is 6.04 Å². The maximum absolute atomic E-state index is 12.7. The largest absolute Gasteiger partial charge is 0.324 e. The highest BCUT2D eigenvalue weighted by atomic mass is 35.5. The number of sulfonamides is 1. The van der Waals surface area contributed by atoms with E-state index >= 15 is 0 Å². The van der Waals surface area contributed by atoms with Gasteiger partial charge in [0.15, 0.2) is 0 Å². The van der Waals surface area contributed by atoms with Crippen molar-refractivity contribution in [3.63, 3.8) is 0 Å². The molecule has 2 amide bonds. The molecule has 2 aromatic carbocycles. The number of hydrogen-bond acceptors (Lipinski definition) is 4. The lowest BCUT2D eigenvalue weighted by molar-refractivity contribution is -0.117. The van der Waals surface area contributed by atoms with Crippen LogP contribution in [0.5, 0.6) is 0 Å². The Morgan fingerprint density at radius 3 is 2.45 bits per heavy atom. The van der Waals surface area contributed by atoms with Crippen molar-refractivity contribution in [2.75, 3.05) is 27.3 Å². The van der Waals surface area contributed by atoms with E-state index in [0.717, 1.165) is 22.7 Å². The topological polar surface area (TPSA) is 86.8 Å². The van der Waals surface area contributed by atoms with E-state index in [9.17, 15) is 18.0 Å². The van der Waals surface area contributed by atoms with E-state index in [0.29, 0.717) is 29.4 Å². The second kappa shape index (κ2) is 8.42. The van der Waals surface area contributed by atoms with E-state index < -0.39 is 22.0 Å². The highest BCUT2D eigenvalue weighted by Gasteiger charge is 2.29. The van der Waals surface area contributed by atoms with Crippen molar-refractivity contribution in [1.29, 1.82) is 0 Å². The number of anilines is 3. The van der Waals surface area contributed by atoms with Crippen molar-refractivity contribution >= 4 is 50.5 Å². The molecule has 7 nitrogen and oxygen atoms in total. The molecule has 0 aromatic heterocycles. The summed E-state index contributed by atoms with van der Waals surface area (Å²) in [5.41, 5.74) is 1.59. The van der Waals surface area contributed by atoms with Crippen molar-refractivity contribution < 1.29 is 18.0 Å². The number of rotatable bonds is 6. The number of amides is 2. The maximum Gasteiger partial charge on any atom is 0.247 e. The van der Waals surface area contributed by atoms with Crippen LogP contribution in [-0.2, 0) is 19.6 Å². The SMILES string of the molecule is CC(C(=O)Nc1ccc(N2CCCC2=O)cc1)N(c1cccc(Cl)c1)S(C)(=O)=O. The number of carbonyl (C=O) groups excluding carboxylic acids is 2. The molecular formula is C20H22ClN3O4S. The first-order chi connectivity index (χ1) is 13.7. The molecule has 2 aromatic rings. The summed E-state index contributed by atoms with van der Waals surface area (Å²) in [4.78, 5) is 26.3. The Morgan fingerprint density at radius 2 is 1.90 bits per heavy atom. The van der Waals surface area contributed by atoms with Crippen LogP contribution in [0.25, 0.3) is 0 Å². The lowest BCUT2D eigenvalue weighted by Crippen LogP contribution is -2.45. The smallest absolute Gasteiger partial charge is 0.247 e. The minimum Gasteiger partial charge on any atom is -0.324 e. The second-order valence-corrected chi connectivity index (χ2v) is 9.20. The Kier molecular flexibility index (Phi) is 6.14. The summed E-state index contributed by atoms with van der Waals surface area (Å²) in [6.07, 6.45) is 2.42. The molecule has 154 valence electrons. The summed E-state index contributed by atoms with van der Waals surface area (Å²) in [5, 5.41) is 3.10. The van der Waals surface area contributed by atoms with E-state index in [4.69, 9.17) is 11.6 Å². The maximum atomic E-state index is 12.7. The average Bonchev–Trinajstić information content (AvgIpc) is 3.07. The fraction of sp³-hybridized carbons (Fsp3) is 0.300. The molecule has 1 N–H and O–H groups in total. The molecule has 1 aliphatic heterocycles. The molecule has 1 aliphatic rings. The third kappa shape index (κ3) is 4.89. The zero-order valence-electron chi connectivity index (χ0n) is 16.1. The number of nitrogens with one attached hydrogen (secondary N) is 1. The van der Waals surface area contributed by atoms with E-state index in [1.54, 1.807) is 47.4 Å². The number of nitrogens with zero attached hydrogens (tertiary/aromatic N) is 2. The second-order valence-electron chi connectivity index (χ2n) is 6.90. The van der Waals surface area contributed by atoms with Gasteiger partial charge in [0.25, 0.3) is 0 Å². The summed E-state index contributed by atoms with van der Waals surface area (Å²) < 4.78 is 25.7. The Hall–Kier alpha value is -2.58. The Balaban J connectivity index is 1.77. The molecule has 0 saturated carbocycles. The first kappa shape index (κ1) is 21.1. The van der Waals surface area contributed by atoms with Gasteiger partial charge in [-0.1, -0.05) is 17.7 Å². The standard InChI is InChI=1S/C20H22ClN3O4S/c1-14(24(29(2,27)28)18-6-3-5-15(21)13-18)20(26)22-16-8-10-17(11-9-16)23-12-4-7-19(23)25/h3,5-6,8-11,13-14H,4,7,12H2,1-2H3,(H,22,26). The minimum absolute atomic E-state index is 0.0840. The molecule has 1 fully saturated rings. The van der Waals surface area contributed by atoms with Gasteiger partial charge < -0.3 is 10.2 Å². The van der Waals surface area contributed by atoms with Crippen LogP contribution in [0.2, 0.25) is 5.02 Å². The lowest BCUT2D eigenvalue weighted by atomic mass is 10.2. The molecule has 0 spiro atoms. The average molecular weight is 436 g/mol. The van der Waals surface area contributed by atoms with Crippen LogP contribution in [0.4, 0.5) is 17.1 Å². The third-order valence-electron chi connectivity index (χ3n) is 4.67. The Bertz CT molecular complexity index is 1020. The van der Waals surface area contributed by atoms with Crippen molar-refractivity contribution in [1.82, 2.24) is 0 Å². The zero-order chi connectivity index (χ0) is 21.2. The fourth-order valence-electron chi connectivity index (χ4n) is 3.31. The van der Waals surface area contributed by atoms with Crippen LogP contribution in [0.1, 0.15) is 19.8 Å². The van der Waals surface area contributed by atoms with Gasteiger partial charge >= 0.3 is 0 Å². The van der Waals surface area contributed by atoms with Gasteiger partial charge in [-0.2, -0.15) is 0 Å². The summed E-state index contributed by atoms with van der Waals surface area (Å²) in [6, 6.07) is 12.2. The summed E-state index contributed by atoms with van der Waals surface area (Å²) >= 11 is 5.98. The van der Waals surface area contributed by atoms with Gasteiger partial charge in [-0.15, -0.1) is 0 Å². The third-order valence-corrected chi connectivity index (χ3v) is 6.15. The van der Waals surface area contributed by atoms with Crippen LogP contribution < -0.4 is 14.5 Å². The molecule has 0 aliphatic carbocycles. The van der Waals surface area contributed by atoms with Crippen molar-refractivity contribution in [2.45, 2.75) is 25.8 Å². The van der Waals surface area contributed by atoms with Crippen molar-refractivity contribution in [3.8, 4) is 0 Å². The van der Waals surface area contributed by atoms with E-state index in [1.807, 2.05) is 0 Å². The number of hydrogen-bond donors (Lipinski definition) is 1. The zero-order valence-corrected chi connectivity index (χ0v) is 17.7. The number of benzene rings is 2. The molecule has 1 atom stereocenters. The Morgan fingerprint density at radius 1 is 1.21 bits per heavy atom. The summed E-state index contributed by atoms with van der Waals surface area (Å²) in [7, 11) is -3.73. The monoisotopic (exact) mass is 435 g/mol. The highest BCUT2D eigenvalue weighted by Crippen LogP contribution is 2.26. The highest BCUT2D eigenvalue weighted by molar-refractivity contribution is 7.92. The van der Waals surface area contributed by atoms with Gasteiger partial charge in [-0.25, -0.2) is 8.42 Å². The Labute approximate surface area is 175 Å². The predicted octanol–water partition coefficient (Wildman–Crippen LogP) is 3.26. The van der Waals surface area contributed by atoms with Crippen molar-refractivity contribution in [3.05, 3.63) is 53.6 Å². The van der Waals surface area contributed by atoms with Gasteiger partial charge in [0.2, 0.25) is 21.8 Å². The number of carbonyl (C=O) groups is 2. The van der Waals surface area contributed by atoms with Gasteiger partial charge in [-0.05, 0) is 55.8 Å². The molecule has 1 unspecified atom stereocenters. The molecule has 29 heavy (non-hydrogen) atoms. The van der Waals surface area contributed by atoms with Crippen LogP contribution in [-0.4, -0.2) is 39.1 Å². The van der Waals surface area contributed by atoms with Crippen molar-refractivity contribution in [2.24, 2.45) is 0 Å². The molecule has 1 saturated heterocycles. The molecule has 9 heteroatoms. The molecule has 3 rings (SSSR count). The minimum atomic E-state index is -3.73. The van der Waals surface area contributed by atoms with E-state index in [1.165, 1.54) is 13.0 Å². The molecular weight excluding hydrogens is 414 g/mol. The van der Waals surface area contributed by atoms with E-state index in [-0.39, 0.29) is 5.91 Å². The first-order valence-corrected chi connectivity index (χ1v) is 11.4. The predicted molar refractivity (Wildman–Crippen MR) is 115 cm³/mol. The molecule has 1 heterocycles. The fourth-order valence-corrected chi connectivity index (χ4v) is 4.67. The molecule has 0 bridgehead atoms. The van der Waals surface area contributed by atoms with Gasteiger partial charge in [0.05, 0.1) is 11.9 Å². The van der Waals surface area contributed by atoms with E-state index in [2.05, 4.69) is 5.32 Å². The van der Waals surface area contributed by atoms with Crippen LogP contribution in [0.3, 0.4) is 0 Å². The number of halogens is 1. The quantitative estimate of drug-likeness (QED) is 0.754. The lowest BCUT2D eigenvalue weighted by Gasteiger charge is -2.28. The molecule has 0 radical (unpaired) electrons. The first-order valence-electron chi connectivity index (χ1n) is 9.13. The van der Waals surface area contributed by atoms with Gasteiger partial charge in [-0.3, -0.25) is 13.9 Å².